The molecule has 2 amide bonds. The van der Waals surface area contributed by atoms with E-state index in [1.54, 1.807) is 0 Å². The van der Waals surface area contributed by atoms with E-state index >= 15 is 0 Å². The third-order valence-corrected chi connectivity index (χ3v) is 3.63. The van der Waals surface area contributed by atoms with Gasteiger partial charge in [-0.15, -0.1) is 0 Å². The van der Waals surface area contributed by atoms with E-state index in [0.717, 1.165) is 19.3 Å². The van der Waals surface area contributed by atoms with E-state index in [4.69, 9.17) is 5.73 Å². The Labute approximate surface area is 89.8 Å². The Bertz CT molecular complexity index is 268. The zero-order chi connectivity index (χ0) is 11.0. The predicted octanol–water partition coefficient (Wildman–Crippen LogP) is 0.509. The summed E-state index contributed by atoms with van der Waals surface area (Å²) in [7, 11) is 0. The second kappa shape index (κ2) is 3.93. The molecule has 0 spiro atoms. The van der Waals surface area contributed by atoms with Crippen LogP contribution in [0.5, 0.6) is 0 Å². The summed E-state index contributed by atoms with van der Waals surface area (Å²) in [6.45, 7) is 2.43. The molecule has 0 aromatic rings. The van der Waals surface area contributed by atoms with Crippen LogP contribution in [0.1, 0.15) is 32.6 Å². The van der Waals surface area contributed by atoms with Crippen LogP contribution in [0, 0.1) is 11.8 Å². The lowest BCUT2D eigenvalue weighted by molar-refractivity contribution is -0.155. The maximum Gasteiger partial charge on any atom is 0.232 e. The van der Waals surface area contributed by atoms with Gasteiger partial charge in [0.2, 0.25) is 11.8 Å². The normalized spacial score (nSPS) is 32.3. The molecule has 3 atom stereocenters. The quantitative estimate of drug-likeness (QED) is 0.690. The number of imide groups is 1. The summed E-state index contributed by atoms with van der Waals surface area (Å²) >= 11 is 0. The minimum atomic E-state index is -0.0293. The molecule has 2 N–H and O–H groups in total. The number of nitrogens with zero attached hydrogens (tertiary/aromatic N) is 1. The molecule has 1 saturated heterocycles. The van der Waals surface area contributed by atoms with E-state index in [2.05, 4.69) is 0 Å². The number of piperidine rings is 1. The van der Waals surface area contributed by atoms with Gasteiger partial charge in [0.15, 0.2) is 0 Å². The smallest absolute Gasteiger partial charge is 0.232 e. The highest BCUT2D eigenvalue weighted by atomic mass is 16.2. The average molecular weight is 210 g/mol. The van der Waals surface area contributed by atoms with Crippen molar-refractivity contribution in [3.8, 4) is 0 Å². The van der Waals surface area contributed by atoms with Gasteiger partial charge >= 0.3 is 0 Å². The molecule has 0 aromatic carbocycles. The number of fused-ring (bicyclic) bond motifs is 2. The van der Waals surface area contributed by atoms with E-state index in [-0.39, 0.29) is 29.7 Å². The largest absolute Gasteiger partial charge is 0.330 e. The molecule has 3 unspecified atom stereocenters. The summed E-state index contributed by atoms with van der Waals surface area (Å²) in [5.74, 6) is 0.283. The molecule has 4 nitrogen and oxygen atoms in total. The maximum atomic E-state index is 12.0. The number of nitrogens with two attached hydrogens (primary N) is 1. The van der Waals surface area contributed by atoms with Crippen molar-refractivity contribution in [2.24, 2.45) is 17.6 Å². The van der Waals surface area contributed by atoms with Gasteiger partial charge in [0.25, 0.3) is 0 Å². The van der Waals surface area contributed by atoms with Gasteiger partial charge in [0, 0.05) is 17.9 Å². The van der Waals surface area contributed by atoms with E-state index in [1.807, 2.05) is 6.92 Å². The van der Waals surface area contributed by atoms with Crippen molar-refractivity contribution in [1.82, 2.24) is 4.90 Å². The fourth-order valence-electron chi connectivity index (χ4n) is 2.74. The molecule has 2 aliphatic rings. The number of carbonyl (C=O) groups is 2. The van der Waals surface area contributed by atoms with Gasteiger partial charge in [-0.3, -0.25) is 14.5 Å². The monoisotopic (exact) mass is 210 g/mol. The number of carbonyl (C=O) groups excluding carboxylic acids is 2. The topological polar surface area (TPSA) is 63.4 Å². The highest BCUT2D eigenvalue weighted by molar-refractivity contribution is 6.01. The number of likely N-dealkylation sites (tertiary alicyclic amines) is 1. The molecule has 1 aliphatic carbocycles. The van der Waals surface area contributed by atoms with Crippen LogP contribution in [0.2, 0.25) is 0 Å². The lowest BCUT2D eigenvalue weighted by Crippen LogP contribution is -2.51. The van der Waals surface area contributed by atoms with Crippen molar-refractivity contribution >= 4 is 11.8 Å². The molecular weight excluding hydrogens is 192 g/mol. The van der Waals surface area contributed by atoms with E-state index < -0.39 is 0 Å². The number of hydrogen-bond acceptors (Lipinski definition) is 3. The van der Waals surface area contributed by atoms with Gasteiger partial charge in [-0.2, -0.15) is 0 Å². The molecule has 0 aromatic heterocycles. The molecule has 2 bridgehead atoms. The molecule has 4 heteroatoms. The number of rotatable bonds is 3. The summed E-state index contributed by atoms with van der Waals surface area (Å²) in [6, 6.07) is -0.0293. The number of hydrogen-bond donors (Lipinski definition) is 1. The van der Waals surface area contributed by atoms with Crippen molar-refractivity contribution in [3.05, 3.63) is 0 Å². The molecule has 2 rings (SSSR count). The molecule has 1 heterocycles. The van der Waals surface area contributed by atoms with Crippen molar-refractivity contribution in [2.75, 3.05) is 6.54 Å². The maximum absolute atomic E-state index is 12.0. The molecule has 2 fully saturated rings. The van der Waals surface area contributed by atoms with Crippen LogP contribution < -0.4 is 5.73 Å². The van der Waals surface area contributed by atoms with Crippen LogP contribution in [-0.2, 0) is 9.59 Å². The van der Waals surface area contributed by atoms with Crippen molar-refractivity contribution in [1.29, 1.82) is 0 Å². The highest BCUT2D eigenvalue weighted by Gasteiger charge is 2.46. The standard InChI is InChI=1S/C11H18N2O2/c1-7(4-5-12)13-10(14)8-2-3-9(6-8)11(13)15/h7-9H,2-6,12H2,1H3. The van der Waals surface area contributed by atoms with Crippen LogP contribution in [0.25, 0.3) is 0 Å². The van der Waals surface area contributed by atoms with E-state index in [1.165, 1.54) is 4.90 Å². The number of amides is 2. The van der Waals surface area contributed by atoms with Crippen molar-refractivity contribution < 1.29 is 9.59 Å². The zero-order valence-electron chi connectivity index (χ0n) is 9.11. The SMILES string of the molecule is CC(CCN)N1C(=O)C2CCC(C2)C1=O. The van der Waals surface area contributed by atoms with Gasteiger partial charge in [-0.1, -0.05) is 0 Å². The Balaban J connectivity index is 2.16. The van der Waals surface area contributed by atoms with E-state index in [0.29, 0.717) is 13.0 Å². The second-order valence-electron chi connectivity index (χ2n) is 4.68. The molecule has 0 radical (unpaired) electrons. The first-order chi connectivity index (χ1) is 7.15. The third kappa shape index (κ3) is 1.67. The van der Waals surface area contributed by atoms with Crippen molar-refractivity contribution in [3.63, 3.8) is 0 Å². The average Bonchev–Trinajstić information content (AvgIpc) is 2.62. The van der Waals surface area contributed by atoms with Crippen LogP contribution in [-0.4, -0.2) is 29.3 Å². The Morgan fingerprint density at radius 1 is 1.33 bits per heavy atom. The van der Waals surface area contributed by atoms with Gasteiger partial charge in [-0.25, -0.2) is 0 Å². The Morgan fingerprint density at radius 3 is 2.33 bits per heavy atom. The third-order valence-electron chi connectivity index (χ3n) is 3.63. The van der Waals surface area contributed by atoms with Crippen LogP contribution in [0.4, 0.5) is 0 Å². The zero-order valence-corrected chi connectivity index (χ0v) is 9.11. The molecule has 15 heavy (non-hydrogen) atoms. The summed E-state index contributed by atoms with van der Waals surface area (Å²) in [4.78, 5) is 25.4. The summed E-state index contributed by atoms with van der Waals surface area (Å²) in [5.41, 5.74) is 5.46. The van der Waals surface area contributed by atoms with Crippen LogP contribution >= 0.6 is 0 Å². The second-order valence-corrected chi connectivity index (χ2v) is 4.68. The Hall–Kier alpha value is -0.900. The van der Waals surface area contributed by atoms with Crippen LogP contribution in [0.3, 0.4) is 0 Å². The van der Waals surface area contributed by atoms with Crippen LogP contribution in [0.15, 0.2) is 0 Å². The minimum absolute atomic E-state index is 0.0293. The van der Waals surface area contributed by atoms with E-state index in [9.17, 15) is 9.59 Å². The predicted molar refractivity (Wildman–Crippen MR) is 55.8 cm³/mol. The Morgan fingerprint density at radius 2 is 1.87 bits per heavy atom. The first kappa shape index (κ1) is 10.6. The first-order valence-electron chi connectivity index (χ1n) is 5.72. The lowest BCUT2D eigenvalue weighted by Gasteiger charge is -2.34. The molecular formula is C11H18N2O2. The highest BCUT2D eigenvalue weighted by Crippen LogP contribution is 2.38. The fraction of sp³-hybridized carbons (Fsp3) is 0.818. The van der Waals surface area contributed by atoms with Gasteiger partial charge in [0.05, 0.1) is 0 Å². The molecule has 1 aliphatic heterocycles. The van der Waals surface area contributed by atoms with Gasteiger partial charge in [0.1, 0.15) is 0 Å². The van der Waals surface area contributed by atoms with Gasteiger partial charge in [-0.05, 0) is 39.2 Å². The summed E-state index contributed by atoms with van der Waals surface area (Å²) in [6.07, 6.45) is 3.27. The fourth-order valence-corrected chi connectivity index (χ4v) is 2.74. The minimum Gasteiger partial charge on any atom is -0.330 e. The first-order valence-corrected chi connectivity index (χ1v) is 5.72. The van der Waals surface area contributed by atoms with Crippen molar-refractivity contribution in [2.45, 2.75) is 38.6 Å². The lowest BCUT2D eigenvalue weighted by atomic mass is 9.95. The summed E-state index contributed by atoms with van der Waals surface area (Å²) in [5, 5.41) is 0. The Kier molecular flexibility index (Phi) is 2.78. The summed E-state index contributed by atoms with van der Waals surface area (Å²) < 4.78 is 0. The molecule has 1 saturated carbocycles. The van der Waals surface area contributed by atoms with Gasteiger partial charge < -0.3 is 5.73 Å². The molecule has 84 valence electrons.